The van der Waals surface area contributed by atoms with Crippen molar-refractivity contribution in [3.05, 3.63) is 35.4 Å². The topological polar surface area (TPSA) is 75.6 Å². The minimum atomic E-state index is -0.730. The van der Waals surface area contributed by atoms with Crippen LogP contribution in [0.1, 0.15) is 36.8 Å². The van der Waals surface area contributed by atoms with Crippen molar-refractivity contribution in [1.82, 2.24) is 5.32 Å². The van der Waals surface area contributed by atoms with Gasteiger partial charge in [0.05, 0.1) is 12.5 Å². The summed E-state index contributed by atoms with van der Waals surface area (Å²) in [7, 11) is 0. The molecule has 0 aliphatic heterocycles. The van der Waals surface area contributed by atoms with E-state index in [0.717, 1.165) is 18.4 Å². The number of nitrogens with one attached hydrogen (secondary N) is 1. The number of ether oxygens (including phenoxy) is 1. The van der Waals surface area contributed by atoms with Crippen molar-refractivity contribution in [1.29, 1.82) is 0 Å². The van der Waals surface area contributed by atoms with Crippen LogP contribution in [0.4, 0.5) is 0 Å². The summed E-state index contributed by atoms with van der Waals surface area (Å²) in [5.41, 5.74) is 2.24. The molecule has 1 saturated carbocycles. The molecule has 1 aliphatic rings. The minimum absolute atomic E-state index is 0.0345. The molecular formula is C17H23NO4. The largest absolute Gasteiger partial charge is 0.481 e. The monoisotopic (exact) mass is 305 g/mol. The summed E-state index contributed by atoms with van der Waals surface area (Å²) in [5.74, 6) is -1.12. The molecule has 0 saturated heterocycles. The van der Waals surface area contributed by atoms with E-state index >= 15 is 0 Å². The first-order chi connectivity index (χ1) is 10.5. The van der Waals surface area contributed by atoms with Gasteiger partial charge in [-0.25, -0.2) is 0 Å². The highest BCUT2D eigenvalue weighted by molar-refractivity contribution is 5.77. The van der Waals surface area contributed by atoms with Crippen molar-refractivity contribution >= 4 is 11.9 Å². The van der Waals surface area contributed by atoms with Crippen molar-refractivity contribution in [3.63, 3.8) is 0 Å². The first-order valence-electron chi connectivity index (χ1n) is 7.70. The molecule has 120 valence electrons. The standard InChI is InChI=1S/C17H23NO4/c1-12-2-4-13(5-3-12)10-22-11-16(19)18-15-8-6-14(7-9-15)17(20)21/h2-5,14-15H,6-11H2,1H3,(H,18,19)(H,20,21). The fourth-order valence-electron chi connectivity index (χ4n) is 2.70. The number of aryl methyl sites for hydroxylation is 1. The van der Waals surface area contributed by atoms with Crippen LogP contribution in [0.15, 0.2) is 24.3 Å². The predicted octanol–water partition coefficient (Wildman–Crippen LogP) is 2.27. The van der Waals surface area contributed by atoms with Crippen LogP contribution >= 0.6 is 0 Å². The second kappa shape index (κ2) is 7.94. The second-order valence-electron chi connectivity index (χ2n) is 5.93. The number of benzene rings is 1. The van der Waals surface area contributed by atoms with Crippen LogP contribution in [0.5, 0.6) is 0 Å². The zero-order valence-corrected chi connectivity index (χ0v) is 12.9. The summed E-state index contributed by atoms with van der Waals surface area (Å²) in [4.78, 5) is 22.7. The van der Waals surface area contributed by atoms with Crippen LogP contribution < -0.4 is 5.32 Å². The first kappa shape index (κ1) is 16.5. The van der Waals surface area contributed by atoms with Crippen LogP contribution in [0, 0.1) is 12.8 Å². The minimum Gasteiger partial charge on any atom is -0.481 e. The first-order valence-corrected chi connectivity index (χ1v) is 7.70. The summed E-state index contributed by atoms with van der Waals surface area (Å²) in [6.45, 7) is 2.48. The van der Waals surface area contributed by atoms with E-state index in [1.165, 1.54) is 5.56 Å². The molecule has 1 aliphatic carbocycles. The van der Waals surface area contributed by atoms with Crippen LogP contribution in [0.2, 0.25) is 0 Å². The smallest absolute Gasteiger partial charge is 0.306 e. The van der Waals surface area contributed by atoms with Crippen LogP contribution in [0.3, 0.4) is 0 Å². The van der Waals surface area contributed by atoms with E-state index in [0.29, 0.717) is 19.4 Å². The van der Waals surface area contributed by atoms with E-state index in [2.05, 4.69) is 5.32 Å². The van der Waals surface area contributed by atoms with Gasteiger partial charge < -0.3 is 15.2 Å². The number of hydrogen-bond donors (Lipinski definition) is 2. The summed E-state index contributed by atoms with van der Waals surface area (Å²) in [6.07, 6.45) is 2.70. The molecule has 1 aromatic carbocycles. The summed E-state index contributed by atoms with van der Waals surface area (Å²) < 4.78 is 5.42. The van der Waals surface area contributed by atoms with E-state index in [1.807, 2.05) is 31.2 Å². The average molecular weight is 305 g/mol. The molecule has 5 heteroatoms. The molecule has 2 N–H and O–H groups in total. The van der Waals surface area contributed by atoms with Gasteiger partial charge in [0.2, 0.25) is 5.91 Å². The van der Waals surface area contributed by atoms with Gasteiger partial charge in [-0.2, -0.15) is 0 Å². The molecule has 1 amide bonds. The number of aliphatic carboxylic acids is 1. The molecule has 0 unspecified atom stereocenters. The summed E-state index contributed by atoms with van der Waals surface area (Å²) in [6, 6.07) is 8.08. The van der Waals surface area contributed by atoms with E-state index in [-0.39, 0.29) is 24.5 Å². The third-order valence-corrected chi connectivity index (χ3v) is 4.06. The van der Waals surface area contributed by atoms with Crippen LogP contribution in [0.25, 0.3) is 0 Å². The predicted molar refractivity (Wildman–Crippen MR) is 82.4 cm³/mol. The van der Waals surface area contributed by atoms with Gasteiger partial charge in [-0.15, -0.1) is 0 Å². The Morgan fingerprint density at radius 1 is 1.18 bits per heavy atom. The van der Waals surface area contributed by atoms with Crippen molar-refractivity contribution < 1.29 is 19.4 Å². The lowest BCUT2D eigenvalue weighted by molar-refractivity contribution is -0.142. The molecule has 0 bridgehead atoms. The highest BCUT2D eigenvalue weighted by Crippen LogP contribution is 2.24. The van der Waals surface area contributed by atoms with E-state index in [1.54, 1.807) is 0 Å². The van der Waals surface area contributed by atoms with Gasteiger partial charge in [0.15, 0.2) is 0 Å². The lowest BCUT2D eigenvalue weighted by Gasteiger charge is -2.26. The third kappa shape index (κ3) is 5.15. The van der Waals surface area contributed by atoms with E-state index in [4.69, 9.17) is 9.84 Å². The molecule has 0 radical (unpaired) electrons. The van der Waals surface area contributed by atoms with Crippen molar-refractivity contribution in [3.8, 4) is 0 Å². The molecule has 0 aromatic heterocycles. The second-order valence-corrected chi connectivity index (χ2v) is 5.93. The molecule has 0 spiro atoms. The Balaban J connectivity index is 1.64. The van der Waals surface area contributed by atoms with Gasteiger partial charge in [0.1, 0.15) is 6.61 Å². The molecule has 1 fully saturated rings. The maximum atomic E-state index is 11.8. The van der Waals surface area contributed by atoms with Crippen molar-refractivity contribution in [2.75, 3.05) is 6.61 Å². The Bertz CT molecular complexity index is 504. The van der Waals surface area contributed by atoms with Gasteiger partial charge in [-0.05, 0) is 38.2 Å². The average Bonchev–Trinajstić information content (AvgIpc) is 2.50. The highest BCUT2D eigenvalue weighted by atomic mass is 16.5. The molecule has 22 heavy (non-hydrogen) atoms. The SMILES string of the molecule is Cc1ccc(COCC(=O)NC2CCC(C(=O)O)CC2)cc1. The van der Waals surface area contributed by atoms with E-state index < -0.39 is 5.97 Å². The van der Waals surface area contributed by atoms with Gasteiger partial charge in [-0.1, -0.05) is 29.8 Å². The fraction of sp³-hybridized carbons (Fsp3) is 0.529. The normalized spacial score (nSPS) is 21.3. The van der Waals surface area contributed by atoms with E-state index in [9.17, 15) is 9.59 Å². The summed E-state index contributed by atoms with van der Waals surface area (Å²) >= 11 is 0. The highest BCUT2D eigenvalue weighted by Gasteiger charge is 2.26. The lowest BCUT2D eigenvalue weighted by Crippen LogP contribution is -2.40. The van der Waals surface area contributed by atoms with Crippen LogP contribution in [-0.4, -0.2) is 29.6 Å². The molecule has 0 heterocycles. The fourth-order valence-corrected chi connectivity index (χ4v) is 2.70. The number of carbonyl (C=O) groups is 2. The number of hydrogen-bond acceptors (Lipinski definition) is 3. The third-order valence-electron chi connectivity index (χ3n) is 4.06. The van der Waals surface area contributed by atoms with Gasteiger partial charge >= 0.3 is 5.97 Å². The number of carbonyl (C=O) groups excluding carboxylic acids is 1. The Morgan fingerprint density at radius 3 is 2.41 bits per heavy atom. The zero-order valence-electron chi connectivity index (χ0n) is 12.9. The number of amides is 1. The lowest BCUT2D eigenvalue weighted by atomic mass is 9.86. The molecule has 5 nitrogen and oxygen atoms in total. The Kier molecular flexibility index (Phi) is 5.95. The van der Waals surface area contributed by atoms with Gasteiger partial charge in [0.25, 0.3) is 0 Å². The van der Waals surface area contributed by atoms with Crippen molar-refractivity contribution in [2.24, 2.45) is 5.92 Å². The molecule has 1 aromatic rings. The number of carboxylic acids is 1. The maximum absolute atomic E-state index is 11.8. The Labute approximate surface area is 130 Å². The number of carboxylic acid groups (broad SMARTS) is 1. The van der Waals surface area contributed by atoms with Crippen molar-refractivity contribution in [2.45, 2.75) is 45.3 Å². The maximum Gasteiger partial charge on any atom is 0.306 e. The van der Waals surface area contributed by atoms with Crippen LogP contribution in [-0.2, 0) is 20.9 Å². The Morgan fingerprint density at radius 2 is 1.82 bits per heavy atom. The number of rotatable bonds is 6. The van der Waals surface area contributed by atoms with Gasteiger partial charge in [0, 0.05) is 6.04 Å². The quantitative estimate of drug-likeness (QED) is 0.845. The molecule has 2 rings (SSSR count). The molecular weight excluding hydrogens is 282 g/mol. The van der Waals surface area contributed by atoms with Gasteiger partial charge in [-0.3, -0.25) is 9.59 Å². The zero-order chi connectivity index (χ0) is 15.9. The Hall–Kier alpha value is -1.88. The summed E-state index contributed by atoms with van der Waals surface area (Å²) in [5, 5.41) is 11.9. The molecule has 0 atom stereocenters.